The summed E-state index contributed by atoms with van der Waals surface area (Å²) in [6.45, 7) is 12.7. The van der Waals surface area contributed by atoms with Crippen molar-refractivity contribution < 1.29 is 0 Å². The van der Waals surface area contributed by atoms with Gasteiger partial charge in [-0.25, -0.2) is 0 Å². The summed E-state index contributed by atoms with van der Waals surface area (Å²) in [5.74, 6) is 1.59. The van der Waals surface area contributed by atoms with Gasteiger partial charge in [-0.15, -0.1) is 0 Å². The SMILES string of the molecule is CCCCCC(C)NCC(C)C(C)C. The summed E-state index contributed by atoms with van der Waals surface area (Å²) in [5.41, 5.74) is 0. The van der Waals surface area contributed by atoms with Crippen LogP contribution in [0.15, 0.2) is 0 Å². The van der Waals surface area contributed by atoms with E-state index in [0.29, 0.717) is 6.04 Å². The minimum atomic E-state index is 0.697. The summed E-state index contributed by atoms with van der Waals surface area (Å²) in [7, 11) is 0. The van der Waals surface area contributed by atoms with Gasteiger partial charge in [-0.05, 0) is 31.7 Å². The summed E-state index contributed by atoms with van der Waals surface area (Å²) >= 11 is 0. The van der Waals surface area contributed by atoms with Gasteiger partial charge < -0.3 is 5.32 Å². The first kappa shape index (κ1) is 14.0. The Labute approximate surface area is 90.7 Å². The first-order valence-corrected chi connectivity index (χ1v) is 6.31. The number of hydrogen-bond donors (Lipinski definition) is 1. The molecule has 14 heavy (non-hydrogen) atoms. The summed E-state index contributed by atoms with van der Waals surface area (Å²) in [6.07, 6.45) is 5.42. The zero-order chi connectivity index (χ0) is 11.0. The van der Waals surface area contributed by atoms with Gasteiger partial charge in [0.15, 0.2) is 0 Å². The van der Waals surface area contributed by atoms with E-state index in [1.807, 2.05) is 0 Å². The van der Waals surface area contributed by atoms with Crippen LogP contribution in [-0.4, -0.2) is 12.6 Å². The molecule has 2 atom stereocenters. The molecule has 2 unspecified atom stereocenters. The highest BCUT2D eigenvalue weighted by atomic mass is 14.9. The van der Waals surface area contributed by atoms with Crippen molar-refractivity contribution in [2.75, 3.05) is 6.54 Å². The molecule has 0 fully saturated rings. The largest absolute Gasteiger partial charge is 0.314 e. The van der Waals surface area contributed by atoms with Crippen LogP contribution in [0.3, 0.4) is 0 Å². The quantitative estimate of drug-likeness (QED) is 0.586. The van der Waals surface area contributed by atoms with Gasteiger partial charge in [0.1, 0.15) is 0 Å². The zero-order valence-electron chi connectivity index (χ0n) is 10.8. The lowest BCUT2D eigenvalue weighted by molar-refractivity contribution is 0.364. The molecule has 1 heteroatoms. The predicted molar refractivity (Wildman–Crippen MR) is 65.6 cm³/mol. The monoisotopic (exact) mass is 199 g/mol. The van der Waals surface area contributed by atoms with E-state index in [9.17, 15) is 0 Å². The van der Waals surface area contributed by atoms with Crippen molar-refractivity contribution in [1.82, 2.24) is 5.32 Å². The van der Waals surface area contributed by atoms with Gasteiger partial charge >= 0.3 is 0 Å². The third-order valence-corrected chi connectivity index (χ3v) is 3.17. The molecule has 1 nitrogen and oxygen atoms in total. The molecule has 0 aliphatic rings. The third-order valence-electron chi connectivity index (χ3n) is 3.17. The maximum atomic E-state index is 3.62. The van der Waals surface area contributed by atoms with Gasteiger partial charge in [-0.2, -0.15) is 0 Å². The van der Waals surface area contributed by atoms with E-state index in [1.165, 1.54) is 32.2 Å². The minimum Gasteiger partial charge on any atom is -0.314 e. The van der Waals surface area contributed by atoms with Crippen molar-refractivity contribution in [3.05, 3.63) is 0 Å². The Hall–Kier alpha value is -0.0400. The Bertz CT molecular complexity index is 120. The molecule has 0 aliphatic carbocycles. The maximum absolute atomic E-state index is 3.62. The van der Waals surface area contributed by atoms with E-state index in [1.54, 1.807) is 0 Å². The molecule has 0 rings (SSSR count). The number of rotatable bonds is 8. The van der Waals surface area contributed by atoms with Crippen molar-refractivity contribution in [2.45, 2.75) is 66.3 Å². The van der Waals surface area contributed by atoms with Gasteiger partial charge in [-0.3, -0.25) is 0 Å². The van der Waals surface area contributed by atoms with Gasteiger partial charge in [-0.1, -0.05) is 47.0 Å². The van der Waals surface area contributed by atoms with Crippen LogP contribution in [0.4, 0.5) is 0 Å². The molecule has 0 bridgehead atoms. The highest BCUT2D eigenvalue weighted by Gasteiger charge is 2.08. The van der Waals surface area contributed by atoms with Crippen molar-refractivity contribution in [3.8, 4) is 0 Å². The zero-order valence-corrected chi connectivity index (χ0v) is 10.8. The summed E-state index contributed by atoms with van der Waals surface area (Å²) in [4.78, 5) is 0. The van der Waals surface area contributed by atoms with Crippen molar-refractivity contribution in [1.29, 1.82) is 0 Å². The van der Waals surface area contributed by atoms with E-state index in [-0.39, 0.29) is 0 Å². The normalized spacial score (nSPS) is 15.9. The van der Waals surface area contributed by atoms with Crippen LogP contribution >= 0.6 is 0 Å². The Kier molecular flexibility index (Phi) is 8.26. The standard InChI is InChI=1S/C13H29N/c1-6-7-8-9-13(5)14-10-12(4)11(2)3/h11-14H,6-10H2,1-5H3. The lowest BCUT2D eigenvalue weighted by Crippen LogP contribution is -2.31. The van der Waals surface area contributed by atoms with Crippen molar-refractivity contribution in [2.24, 2.45) is 11.8 Å². The lowest BCUT2D eigenvalue weighted by Gasteiger charge is -2.20. The Morgan fingerprint density at radius 2 is 1.64 bits per heavy atom. The van der Waals surface area contributed by atoms with Gasteiger partial charge in [0.2, 0.25) is 0 Å². The molecule has 1 N–H and O–H groups in total. The van der Waals surface area contributed by atoms with E-state index >= 15 is 0 Å². The number of unbranched alkanes of at least 4 members (excludes halogenated alkanes) is 2. The van der Waals surface area contributed by atoms with E-state index in [0.717, 1.165) is 11.8 Å². The molecule has 0 heterocycles. The summed E-state index contributed by atoms with van der Waals surface area (Å²) in [5, 5.41) is 3.62. The Balaban J connectivity index is 3.38. The fourth-order valence-corrected chi connectivity index (χ4v) is 1.43. The highest BCUT2D eigenvalue weighted by molar-refractivity contribution is 4.65. The Morgan fingerprint density at radius 1 is 1.00 bits per heavy atom. The van der Waals surface area contributed by atoms with Crippen LogP contribution < -0.4 is 5.32 Å². The minimum absolute atomic E-state index is 0.697. The summed E-state index contributed by atoms with van der Waals surface area (Å²) in [6, 6.07) is 0.697. The van der Waals surface area contributed by atoms with Crippen LogP contribution in [0.25, 0.3) is 0 Å². The molecule has 0 radical (unpaired) electrons. The van der Waals surface area contributed by atoms with Crippen LogP contribution in [0, 0.1) is 11.8 Å². The van der Waals surface area contributed by atoms with Crippen LogP contribution in [0.1, 0.15) is 60.3 Å². The molecule has 0 aliphatic heterocycles. The smallest absolute Gasteiger partial charge is 0.00388 e. The van der Waals surface area contributed by atoms with Crippen LogP contribution in [0.2, 0.25) is 0 Å². The fraction of sp³-hybridized carbons (Fsp3) is 1.00. The maximum Gasteiger partial charge on any atom is 0.00388 e. The third kappa shape index (κ3) is 7.37. The van der Waals surface area contributed by atoms with E-state index in [2.05, 4.69) is 39.9 Å². The predicted octanol–water partition coefficient (Wildman–Crippen LogP) is 3.84. The second-order valence-corrected chi connectivity index (χ2v) is 5.03. The average Bonchev–Trinajstić information content (AvgIpc) is 2.14. The highest BCUT2D eigenvalue weighted by Crippen LogP contribution is 2.09. The molecule has 0 aromatic carbocycles. The first-order valence-electron chi connectivity index (χ1n) is 6.31. The van der Waals surface area contributed by atoms with Crippen LogP contribution in [0.5, 0.6) is 0 Å². The van der Waals surface area contributed by atoms with Crippen molar-refractivity contribution in [3.63, 3.8) is 0 Å². The van der Waals surface area contributed by atoms with E-state index < -0.39 is 0 Å². The fourth-order valence-electron chi connectivity index (χ4n) is 1.43. The number of hydrogen-bond acceptors (Lipinski definition) is 1. The topological polar surface area (TPSA) is 12.0 Å². The van der Waals surface area contributed by atoms with Crippen LogP contribution in [-0.2, 0) is 0 Å². The second kappa shape index (κ2) is 8.28. The number of nitrogens with one attached hydrogen (secondary N) is 1. The Morgan fingerprint density at radius 3 is 2.14 bits per heavy atom. The molecule has 0 amide bonds. The molecule has 0 aromatic heterocycles. The molecule has 0 spiro atoms. The molecular weight excluding hydrogens is 170 g/mol. The van der Waals surface area contributed by atoms with Gasteiger partial charge in [0, 0.05) is 6.04 Å². The van der Waals surface area contributed by atoms with E-state index in [4.69, 9.17) is 0 Å². The second-order valence-electron chi connectivity index (χ2n) is 5.03. The molecular formula is C13H29N. The van der Waals surface area contributed by atoms with Gasteiger partial charge in [0.25, 0.3) is 0 Å². The molecule has 0 saturated carbocycles. The molecule has 0 saturated heterocycles. The average molecular weight is 199 g/mol. The summed E-state index contributed by atoms with van der Waals surface area (Å²) < 4.78 is 0. The lowest BCUT2D eigenvalue weighted by atomic mass is 9.97. The van der Waals surface area contributed by atoms with Crippen molar-refractivity contribution >= 4 is 0 Å². The first-order chi connectivity index (χ1) is 6.57. The van der Waals surface area contributed by atoms with Gasteiger partial charge in [0.05, 0.1) is 0 Å². The molecule has 0 aromatic rings. The molecule has 86 valence electrons.